The first-order chi connectivity index (χ1) is 15.1. The highest BCUT2D eigenvalue weighted by Gasteiger charge is 2.25. The van der Waals surface area contributed by atoms with Gasteiger partial charge in [-0.05, 0) is 54.4 Å². The van der Waals surface area contributed by atoms with E-state index in [2.05, 4.69) is 18.0 Å². The molecule has 2 aliphatic heterocycles. The van der Waals surface area contributed by atoms with Crippen LogP contribution in [0.4, 0.5) is 0 Å². The molecule has 2 aromatic carbocycles. The molecule has 1 fully saturated rings. The highest BCUT2D eigenvalue weighted by atomic mass is 32.2. The Bertz CT molecular complexity index is 1140. The Labute approximate surface area is 187 Å². The number of hydrogen-bond acceptors (Lipinski definition) is 5. The van der Waals surface area contributed by atoms with Gasteiger partial charge in [0.25, 0.3) is 0 Å². The molecule has 30 heavy (non-hydrogen) atoms. The minimum Gasteiger partial charge on any atom is -0.304 e. The van der Waals surface area contributed by atoms with Gasteiger partial charge in [-0.25, -0.2) is 12.7 Å². The lowest BCUT2D eigenvalue weighted by molar-refractivity contribution is 0.156. The first-order valence-electron chi connectivity index (χ1n) is 11.1. The predicted octanol–water partition coefficient (Wildman–Crippen LogP) is 3.47. The van der Waals surface area contributed by atoms with Gasteiger partial charge in [0.05, 0.1) is 4.90 Å². The molecule has 0 amide bonds. The predicted molar refractivity (Wildman–Crippen MR) is 124 cm³/mol. The van der Waals surface area contributed by atoms with Crippen molar-refractivity contribution in [2.45, 2.75) is 21.1 Å². The van der Waals surface area contributed by atoms with Crippen LogP contribution in [0, 0.1) is 0 Å². The van der Waals surface area contributed by atoms with E-state index in [1.165, 1.54) is 18.4 Å². The van der Waals surface area contributed by atoms with E-state index in [4.69, 9.17) is 2.74 Å². The number of benzene rings is 2. The summed E-state index contributed by atoms with van der Waals surface area (Å²) in [5, 5.41) is 0. The van der Waals surface area contributed by atoms with Crippen LogP contribution in [0.2, 0.25) is 0 Å². The van der Waals surface area contributed by atoms with Gasteiger partial charge in [-0.1, -0.05) is 36.0 Å². The van der Waals surface area contributed by atoms with Crippen LogP contribution in [0.25, 0.3) is 5.57 Å². The van der Waals surface area contributed by atoms with Crippen LogP contribution in [0.1, 0.15) is 20.3 Å². The molecular weight excluding hydrogens is 414 g/mol. The Hall–Kier alpha value is -1.64. The third-order valence-electron chi connectivity index (χ3n) is 5.54. The Morgan fingerprint density at radius 1 is 1.07 bits per heavy atom. The molecule has 0 radical (unpaired) electrons. The number of sulfonamides is 1. The third-order valence-corrected chi connectivity index (χ3v) is 8.50. The number of fused-ring (bicyclic) bond motifs is 2. The van der Waals surface area contributed by atoms with Crippen molar-refractivity contribution in [2.75, 3.05) is 53.8 Å². The SMILES string of the molecule is [2H]C([2H])(C/C=C1/c2ccccc2Sc2ccc(S(=O)(=O)N(C)C)cc21)N1CCN(C)CC1. The molecule has 0 bridgehead atoms. The lowest BCUT2D eigenvalue weighted by atomic mass is 9.96. The van der Waals surface area contributed by atoms with E-state index in [0.717, 1.165) is 39.6 Å². The lowest BCUT2D eigenvalue weighted by Gasteiger charge is -2.32. The van der Waals surface area contributed by atoms with E-state index in [-0.39, 0.29) is 11.3 Å². The normalized spacial score (nSPS) is 20.6. The van der Waals surface area contributed by atoms with E-state index < -0.39 is 16.5 Å². The van der Waals surface area contributed by atoms with Gasteiger partial charge < -0.3 is 9.80 Å². The summed E-state index contributed by atoms with van der Waals surface area (Å²) in [6.07, 6.45) is 2.18. The molecule has 0 N–H and O–H groups in total. The number of nitrogens with zero attached hydrogens (tertiary/aromatic N) is 3. The first-order valence-corrected chi connectivity index (χ1v) is 12.3. The molecule has 0 spiro atoms. The summed E-state index contributed by atoms with van der Waals surface area (Å²) in [6.45, 7) is 1.62. The van der Waals surface area contributed by atoms with Gasteiger partial charge in [0.2, 0.25) is 10.0 Å². The van der Waals surface area contributed by atoms with Gasteiger partial charge in [0.15, 0.2) is 0 Å². The molecule has 0 aromatic heterocycles. The lowest BCUT2D eigenvalue weighted by Crippen LogP contribution is -2.44. The molecule has 5 nitrogen and oxygen atoms in total. The first kappa shape index (κ1) is 19.1. The van der Waals surface area contributed by atoms with E-state index in [1.54, 1.807) is 23.9 Å². The average molecular weight is 446 g/mol. The second-order valence-electron chi connectivity index (χ2n) is 7.81. The maximum Gasteiger partial charge on any atom is 0.242 e. The van der Waals surface area contributed by atoms with Crippen molar-refractivity contribution >= 4 is 27.4 Å². The van der Waals surface area contributed by atoms with Crippen molar-refractivity contribution in [1.82, 2.24) is 14.1 Å². The van der Waals surface area contributed by atoms with Crippen molar-refractivity contribution < 1.29 is 11.2 Å². The van der Waals surface area contributed by atoms with Crippen LogP contribution < -0.4 is 0 Å². The third kappa shape index (κ3) is 4.36. The van der Waals surface area contributed by atoms with Crippen molar-refractivity contribution in [1.29, 1.82) is 0 Å². The maximum absolute atomic E-state index is 12.7. The fourth-order valence-electron chi connectivity index (χ4n) is 3.68. The van der Waals surface area contributed by atoms with Gasteiger partial charge >= 0.3 is 0 Å². The fourth-order valence-corrected chi connectivity index (χ4v) is 5.70. The highest BCUT2D eigenvalue weighted by molar-refractivity contribution is 7.99. The Balaban J connectivity index is 1.74. The summed E-state index contributed by atoms with van der Waals surface area (Å²) >= 11 is 1.62. The molecular formula is C23H29N3O2S2. The minimum absolute atomic E-state index is 0.231. The zero-order valence-electron chi connectivity index (χ0n) is 19.6. The van der Waals surface area contributed by atoms with Crippen LogP contribution in [-0.4, -0.2) is 76.3 Å². The largest absolute Gasteiger partial charge is 0.304 e. The molecule has 2 aliphatic rings. The molecule has 160 valence electrons. The summed E-state index contributed by atoms with van der Waals surface area (Å²) in [4.78, 5) is 6.43. The second kappa shape index (κ2) is 8.85. The van der Waals surface area contributed by atoms with E-state index >= 15 is 0 Å². The van der Waals surface area contributed by atoms with Crippen LogP contribution in [0.3, 0.4) is 0 Å². The van der Waals surface area contributed by atoms with Gasteiger partial charge in [-0.3, -0.25) is 0 Å². The fraction of sp³-hybridized carbons (Fsp3) is 0.391. The molecule has 0 aliphatic carbocycles. The maximum atomic E-state index is 12.7. The molecule has 7 heteroatoms. The summed E-state index contributed by atoms with van der Waals surface area (Å²) < 4.78 is 44.1. The van der Waals surface area contributed by atoms with E-state index in [1.807, 2.05) is 35.2 Å². The van der Waals surface area contributed by atoms with Crippen molar-refractivity contribution in [3.63, 3.8) is 0 Å². The quantitative estimate of drug-likeness (QED) is 0.602. The summed E-state index contributed by atoms with van der Waals surface area (Å²) in [6, 6.07) is 13.3. The standard InChI is InChI=1S/C23H29N3O2S2/c1-24(2)30(27,28)18-10-11-23-21(17-18)19(20-7-4-5-9-22(20)29-23)8-6-12-26-15-13-25(3)14-16-26/h4-5,7-11,17H,6,12-16H2,1-3H3/b19-8-/i12D2. The summed E-state index contributed by atoms with van der Waals surface area (Å²) in [5.41, 5.74) is 2.74. The van der Waals surface area contributed by atoms with Gasteiger partial charge in [0, 0.05) is 59.3 Å². The van der Waals surface area contributed by atoms with E-state index in [0.29, 0.717) is 13.1 Å². The molecule has 0 saturated carbocycles. The van der Waals surface area contributed by atoms with Crippen LogP contribution in [0.5, 0.6) is 0 Å². The van der Waals surface area contributed by atoms with Crippen molar-refractivity contribution in [2.24, 2.45) is 0 Å². The summed E-state index contributed by atoms with van der Waals surface area (Å²) in [7, 11) is 1.55. The van der Waals surface area contributed by atoms with Gasteiger partial charge in [-0.2, -0.15) is 0 Å². The average Bonchev–Trinajstić information content (AvgIpc) is 2.76. The molecule has 0 unspecified atom stereocenters. The smallest absolute Gasteiger partial charge is 0.242 e. The molecule has 0 atom stereocenters. The molecule has 1 saturated heterocycles. The monoisotopic (exact) mass is 445 g/mol. The van der Waals surface area contributed by atoms with Gasteiger partial charge in [0.1, 0.15) is 0 Å². The topological polar surface area (TPSA) is 43.9 Å². The zero-order chi connectivity index (χ0) is 23.1. The Morgan fingerprint density at radius 3 is 2.50 bits per heavy atom. The van der Waals surface area contributed by atoms with Crippen molar-refractivity contribution in [3.8, 4) is 0 Å². The van der Waals surface area contributed by atoms with Gasteiger partial charge in [-0.15, -0.1) is 0 Å². The summed E-state index contributed by atoms with van der Waals surface area (Å²) in [5.74, 6) is 0. The van der Waals surface area contributed by atoms with Crippen LogP contribution in [0.15, 0.2) is 63.2 Å². The zero-order valence-corrected chi connectivity index (χ0v) is 19.3. The highest BCUT2D eigenvalue weighted by Crippen LogP contribution is 2.46. The number of rotatable bonds is 5. The minimum atomic E-state index is -3.57. The molecule has 4 rings (SSSR count). The molecule has 2 aromatic rings. The Kier molecular flexibility index (Phi) is 5.62. The number of hydrogen-bond donors (Lipinski definition) is 0. The van der Waals surface area contributed by atoms with E-state index in [9.17, 15) is 8.42 Å². The second-order valence-corrected chi connectivity index (χ2v) is 11.0. The Morgan fingerprint density at radius 2 is 1.77 bits per heavy atom. The molecule has 2 heterocycles. The van der Waals surface area contributed by atoms with Crippen LogP contribution >= 0.6 is 11.8 Å². The van der Waals surface area contributed by atoms with Crippen molar-refractivity contribution in [3.05, 3.63) is 59.7 Å². The van der Waals surface area contributed by atoms with Crippen LogP contribution in [-0.2, 0) is 10.0 Å². The number of piperazine rings is 1. The number of likely N-dealkylation sites (N-methyl/N-ethyl adjacent to an activating group) is 1.